The predicted octanol–water partition coefficient (Wildman–Crippen LogP) is 2.06. The van der Waals surface area contributed by atoms with Crippen LogP contribution in [-0.4, -0.2) is 10.7 Å². The van der Waals surface area contributed by atoms with Gasteiger partial charge in [-0.2, -0.15) is 0 Å². The lowest BCUT2D eigenvalue weighted by atomic mass is 10.1. The molecule has 2 unspecified atom stereocenters. The Hall–Kier alpha value is -0.890. The molecule has 1 fully saturated rings. The lowest BCUT2D eigenvalue weighted by Crippen LogP contribution is -2.03. The second-order valence-corrected chi connectivity index (χ2v) is 3.64. The molecular weight excluding hydrogens is 155 g/mol. The summed E-state index contributed by atoms with van der Waals surface area (Å²) in [4.78, 5) is 0. The van der Waals surface area contributed by atoms with Gasteiger partial charge in [0.2, 0.25) is 0 Å². The first-order valence-corrected chi connectivity index (χ1v) is 4.08. The third kappa shape index (κ3) is 1.12. The second kappa shape index (κ2) is 2.30. The molecule has 2 rings (SSSR count). The van der Waals surface area contributed by atoms with Gasteiger partial charge in [-0.05, 0) is 25.0 Å². The fourth-order valence-corrected chi connectivity index (χ4v) is 1.56. The summed E-state index contributed by atoms with van der Waals surface area (Å²) in [7, 11) is 0. The van der Waals surface area contributed by atoms with Gasteiger partial charge in [0.25, 0.3) is 0 Å². The van der Waals surface area contributed by atoms with Gasteiger partial charge in [-0.3, -0.25) is 0 Å². The molecular formula is C10H11FO. The molecule has 2 atom stereocenters. The Morgan fingerprint density at radius 2 is 2.08 bits per heavy atom. The monoisotopic (exact) mass is 166 g/mol. The molecule has 1 aliphatic carbocycles. The van der Waals surface area contributed by atoms with Crippen LogP contribution >= 0.6 is 0 Å². The van der Waals surface area contributed by atoms with E-state index in [4.69, 9.17) is 0 Å². The zero-order valence-electron chi connectivity index (χ0n) is 6.92. The van der Waals surface area contributed by atoms with Gasteiger partial charge in [0.15, 0.2) is 0 Å². The third-order valence-electron chi connectivity index (χ3n) is 2.49. The van der Waals surface area contributed by atoms with Gasteiger partial charge >= 0.3 is 0 Å². The maximum atomic E-state index is 13.1. The minimum Gasteiger partial charge on any atom is -0.390 e. The van der Waals surface area contributed by atoms with E-state index in [-0.39, 0.29) is 11.7 Å². The molecule has 1 aromatic rings. The lowest BCUT2D eigenvalue weighted by molar-refractivity contribution is 0.164. The molecule has 1 N–H and O–H groups in total. The van der Waals surface area contributed by atoms with Gasteiger partial charge in [0, 0.05) is 5.92 Å². The largest absolute Gasteiger partial charge is 0.390 e. The van der Waals surface area contributed by atoms with Crippen LogP contribution in [0, 0.1) is 5.82 Å². The van der Waals surface area contributed by atoms with Crippen LogP contribution in [0.25, 0.3) is 0 Å². The van der Waals surface area contributed by atoms with Crippen LogP contribution in [0.4, 0.5) is 4.39 Å². The Labute approximate surface area is 70.8 Å². The van der Waals surface area contributed by atoms with Crippen molar-refractivity contribution >= 4 is 0 Å². The molecule has 1 saturated carbocycles. The van der Waals surface area contributed by atoms with Crippen molar-refractivity contribution in [3.05, 3.63) is 35.6 Å². The smallest absolute Gasteiger partial charge is 0.126 e. The average molecular weight is 166 g/mol. The van der Waals surface area contributed by atoms with Crippen molar-refractivity contribution in [1.29, 1.82) is 0 Å². The normalized spacial score (nSPS) is 33.4. The first-order chi connectivity index (χ1) is 5.61. The van der Waals surface area contributed by atoms with Gasteiger partial charge in [-0.25, -0.2) is 4.39 Å². The Morgan fingerprint density at radius 3 is 2.58 bits per heavy atom. The number of halogens is 1. The molecule has 2 heteroatoms. The van der Waals surface area contributed by atoms with E-state index in [2.05, 4.69) is 0 Å². The summed E-state index contributed by atoms with van der Waals surface area (Å²) in [6.45, 7) is 1.74. The van der Waals surface area contributed by atoms with E-state index >= 15 is 0 Å². The van der Waals surface area contributed by atoms with E-state index in [1.165, 1.54) is 6.07 Å². The Balaban J connectivity index is 2.31. The standard InChI is InChI=1S/C10H11FO/c1-10(12)6-8(10)7-4-2-3-5-9(7)11/h2-5,8,12H,6H2,1H3. The molecule has 1 nitrogen and oxygen atoms in total. The van der Waals surface area contributed by atoms with Crippen molar-refractivity contribution in [2.75, 3.05) is 0 Å². The molecule has 0 bridgehead atoms. The van der Waals surface area contributed by atoms with Crippen molar-refractivity contribution in [3.8, 4) is 0 Å². The van der Waals surface area contributed by atoms with Crippen LogP contribution in [0.15, 0.2) is 24.3 Å². The number of benzene rings is 1. The highest BCUT2D eigenvalue weighted by Crippen LogP contribution is 2.51. The summed E-state index contributed by atoms with van der Waals surface area (Å²) in [5, 5.41) is 9.50. The van der Waals surface area contributed by atoms with Crippen molar-refractivity contribution in [3.63, 3.8) is 0 Å². The molecule has 64 valence electrons. The SMILES string of the molecule is CC1(O)CC1c1ccccc1F. The number of aliphatic hydroxyl groups is 1. The maximum Gasteiger partial charge on any atom is 0.126 e. The maximum absolute atomic E-state index is 13.1. The Morgan fingerprint density at radius 1 is 1.50 bits per heavy atom. The van der Waals surface area contributed by atoms with E-state index in [1.807, 2.05) is 0 Å². The molecule has 1 aromatic carbocycles. The summed E-state index contributed by atoms with van der Waals surface area (Å²) in [6.07, 6.45) is 0.675. The van der Waals surface area contributed by atoms with Crippen molar-refractivity contribution < 1.29 is 9.50 Å². The van der Waals surface area contributed by atoms with Crippen LogP contribution < -0.4 is 0 Å². The topological polar surface area (TPSA) is 20.2 Å². The quantitative estimate of drug-likeness (QED) is 0.677. The zero-order chi connectivity index (χ0) is 8.77. The molecule has 0 radical (unpaired) electrons. The number of hydrogen-bond acceptors (Lipinski definition) is 1. The van der Waals surface area contributed by atoms with Crippen LogP contribution in [0.1, 0.15) is 24.8 Å². The second-order valence-electron chi connectivity index (χ2n) is 3.64. The first-order valence-electron chi connectivity index (χ1n) is 4.08. The van der Waals surface area contributed by atoms with Gasteiger partial charge in [0.1, 0.15) is 5.82 Å². The summed E-state index contributed by atoms with van der Waals surface area (Å²) < 4.78 is 13.1. The van der Waals surface area contributed by atoms with Crippen molar-refractivity contribution in [1.82, 2.24) is 0 Å². The average Bonchev–Trinajstić information content (AvgIpc) is 2.61. The van der Waals surface area contributed by atoms with Crippen LogP contribution in [-0.2, 0) is 0 Å². The molecule has 0 amide bonds. The number of hydrogen-bond donors (Lipinski definition) is 1. The van der Waals surface area contributed by atoms with E-state index in [1.54, 1.807) is 25.1 Å². The number of rotatable bonds is 1. The fraction of sp³-hybridized carbons (Fsp3) is 0.400. The highest BCUT2D eigenvalue weighted by atomic mass is 19.1. The summed E-state index contributed by atoms with van der Waals surface area (Å²) in [5.41, 5.74) is -0.0372. The molecule has 12 heavy (non-hydrogen) atoms. The Kier molecular flexibility index (Phi) is 1.48. The zero-order valence-corrected chi connectivity index (χ0v) is 6.92. The van der Waals surface area contributed by atoms with E-state index in [9.17, 15) is 9.50 Å². The summed E-state index contributed by atoms with van der Waals surface area (Å²) >= 11 is 0. The molecule has 0 saturated heterocycles. The van der Waals surface area contributed by atoms with E-state index in [0.29, 0.717) is 12.0 Å². The molecule has 0 aliphatic heterocycles. The molecule has 0 aromatic heterocycles. The summed E-state index contributed by atoms with van der Waals surface area (Å²) in [5.74, 6) is -0.209. The van der Waals surface area contributed by atoms with Crippen LogP contribution in [0.3, 0.4) is 0 Å². The predicted molar refractivity (Wildman–Crippen MR) is 44.4 cm³/mol. The van der Waals surface area contributed by atoms with E-state index in [0.717, 1.165) is 0 Å². The van der Waals surface area contributed by atoms with Crippen molar-refractivity contribution in [2.24, 2.45) is 0 Å². The highest BCUT2D eigenvalue weighted by molar-refractivity contribution is 5.31. The molecule has 0 spiro atoms. The first kappa shape index (κ1) is 7.74. The third-order valence-corrected chi connectivity index (χ3v) is 2.49. The lowest BCUT2D eigenvalue weighted by Gasteiger charge is -2.03. The van der Waals surface area contributed by atoms with Gasteiger partial charge < -0.3 is 5.11 Å². The summed E-state index contributed by atoms with van der Waals surface area (Å²) in [6, 6.07) is 6.63. The fourth-order valence-electron chi connectivity index (χ4n) is 1.56. The van der Waals surface area contributed by atoms with Gasteiger partial charge in [-0.1, -0.05) is 18.2 Å². The van der Waals surface area contributed by atoms with Gasteiger partial charge in [0.05, 0.1) is 5.60 Å². The highest BCUT2D eigenvalue weighted by Gasteiger charge is 2.50. The Bertz CT molecular complexity index is 306. The minimum absolute atomic E-state index is 0.00120. The van der Waals surface area contributed by atoms with Crippen molar-refractivity contribution in [2.45, 2.75) is 24.9 Å². The van der Waals surface area contributed by atoms with Gasteiger partial charge in [-0.15, -0.1) is 0 Å². The van der Waals surface area contributed by atoms with E-state index < -0.39 is 5.60 Å². The molecule has 1 aliphatic rings. The molecule has 0 heterocycles. The van der Waals surface area contributed by atoms with Crippen LogP contribution in [0.5, 0.6) is 0 Å². The minimum atomic E-state index is -0.678. The van der Waals surface area contributed by atoms with Crippen LogP contribution in [0.2, 0.25) is 0 Å².